The normalized spacial score (nSPS) is 12.9. The summed E-state index contributed by atoms with van der Waals surface area (Å²) in [4.78, 5) is 15.5. The molecule has 292 valence electrons. The smallest absolute Gasteiger partial charge is 0.164 e. The molecule has 0 saturated carbocycles. The van der Waals surface area contributed by atoms with Crippen molar-refractivity contribution in [2.45, 2.75) is 5.41 Å². The quantitative estimate of drug-likeness (QED) is 0.174. The maximum absolute atomic E-state index is 5.16. The van der Waals surface area contributed by atoms with E-state index in [0.717, 1.165) is 49.4 Å². The average Bonchev–Trinajstić information content (AvgIpc) is 3.83. The van der Waals surface area contributed by atoms with Crippen LogP contribution in [-0.4, -0.2) is 15.0 Å². The zero-order valence-electron chi connectivity index (χ0n) is 34.2. The number of aromatic nitrogens is 3. The van der Waals surface area contributed by atoms with Crippen LogP contribution in [0.25, 0.3) is 100 Å². The lowest BCUT2D eigenvalue weighted by Crippen LogP contribution is -2.26. The molecule has 0 bridgehead atoms. The molecule has 0 unspecified atom stereocenters. The first-order valence-electron chi connectivity index (χ1n) is 21.6. The lowest BCUT2D eigenvalue weighted by atomic mass is 9.68. The van der Waals surface area contributed by atoms with Crippen molar-refractivity contribution in [3.05, 3.63) is 247 Å². The predicted octanol–water partition coefficient (Wildman–Crippen LogP) is 14.9. The van der Waals surface area contributed by atoms with Gasteiger partial charge in [-0.05, 0) is 88.3 Å². The minimum Gasteiger partial charge on any atom is -0.208 e. The summed E-state index contributed by atoms with van der Waals surface area (Å²) in [6, 6.07) is 81.1. The van der Waals surface area contributed by atoms with Gasteiger partial charge in [0, 0.05) is 16.7 Å². The van der Waals surface area contributed by atoms with Crippen molar-refractivity contribution >= 4 is 21.5 Å². The molecule has 0 N–H and O–H groups in total. The molecule has 0 fully saturated rings. The third-order valence-corrected chi connectivity index (χ3v) is 13.4. The van der Waals surface area contributed by atoms with E-state index in [1.165, 1.54) is 55.6 Å². The van der Waals surface area contributed by atoms with Crippen molar-refractivity contribution in [3.63, 3.8) is 0 Å². The highest BCUT2D eigenvalue weighted by Crippen LogP contribution is 2.64. The van der Waals surface area contributed by atoms with Gasteiger partial charge in [0.15, 0.2) is 17.5 Å². The van der Waals surface area contributed by atoms with Crippen molar-refractivity contribution in [3.8, 4) is 78.7 Å². The topological polar surface area (TPSA) is 38.7 Å². The summed E-state index contributed by atoms with van der Waals surface area (Å²) >= 11 is 0. The highest BCUT2D eigenvalue weighted by atomic mass is 15.0. The van der Waals surface area contributed by atoms with Crippen LogP contribution in [0.3, 0.4) is 0 Å². The Labute approximate surface area is 365 Å². The molecule has 11 aromatic rings. The van der Waals surface area contributed by atoms with Gasteiger partial charge in [0.05, 0.1) is 5.41 Å². The van der Waals surface area contributed by atoms with Crippen molar-refractivity contribution < 1.29 is 0 Å². The first-order valence-corrected chi connectivity index (χ1v) is 21.6. The molecule has 0 atom stereocenters. The molecule has 2 aliphatic carbocycles. The van der Waals surface area contributed by atoms with Crippen LogP contribution in [0.4, 0.5) is 0 Å². The molecule has 0 aliphatic heterocycles. The monoisotopic (exact) mass is 799 g/mol. The van der Waals surface area contributed by atoms with Crippen molar-refractivity contribution in [1.29, 1.82) is 0 Å². The largest absolute Gasteiger partial charge is 0.208 e. The van der Waals surface area contributed by atoms with E-state index in [9.17, 15) is 0 Å². The molecule has 0 saturated heterocycles. The van der Waals surface area contributed by atoms with Crippen LogP contribution in [0, 0.1) is 0 Å². The van der Waals surface area contributed by atoms with Crippen LogP contribution < -0.4 is 0 Å². The summed E-state index contributed by atoms with van der Waals surface area (Å²) in [6.07, 6.45) is 0. The minimum atomic E-state index is -0.403. The Morgan fingerprint density at radius 1 is 0.238 bits per heavy atom. The third kappa shape index (κ3) is 5.30. The number of rotatable bonds is 5. The molecule has 1 aromatic heterocycles. The Kier molecular flexibility index (Phi) is 7.82. The van der Waals surface area contributed by atoms with Gasteiger partial charge < -0.3 is 0 Å². The van der Waals surface area contributed by atoms with Gasteiger partial charge in [0.1, 0.15) is 0 Å². The standard InChI is InChI=1S/C60H37N3/c1-3-18-44-40(14-1)16-11-25-51(44)58-61-57(62-59(63-58)52-26-12-17-41-15-2-4-19-45(41)52)43-36-32-39(33-37-43)38-30-34-42(35-31-38)46-23-13-24-50-49-22-7-10-29-55(49)60(56(46)50)53-27-8-5-20-47(53)48-21-6-9-28-54(48)60/h1-37H. The lowest BCUT2D eigenvalue weighted by Gasteiger charge is -2.32. The van der Waals surface area contributed by atoms with E-state index in [4.69, 9.17) is 15.0 Å². The maximum Gasteiger partial charge on any atom is 0.164 e. The molecule has 0 amide bonds. The highest BCUT2D eigenvalue weighted by Gasteiger charge is 2.52. The summed E-state index contributed by atoms with van der Waals surface area (Å²) < 4.78 is 0. The summed E-state index contributed by atoms with van der Waals surface area (Å²) in [5, 5.41) is 4.51. The Morgan fingerprint density at radius 3 is 1.13 bits per heavy atom. The van der Waals surface area contributed by atoms with Gasteiger partial charge >= 0.3 is 0 Å². The summed E-state index contributed by atoms with van der Waals surface area (Å²) in [6.45, 7) is 0. The molecule has 63 heavy (non-hydrogen) atoms. The van der Waals surface area contributed by atoms with Gasteiger partial charge in [-0.15, -0.1) is 0 Å². The average molecular weight is 800 g/mol. The molecular weight excluding hydrogens is 763 g/mol. The summed E-state index contributed by atoms with van der Waals surface area (Å²) in [5.41, 5.74) is 17.9. The van der Waals surface area contributed by atoms with Crippen molar-refractivity contribution in [1.82, 2.24) is 15.0 Å². The number of hydrogen-bond acceptors (Lipinski definition) is 3. The van der Waals surface area contributed by atoms with Gasteiger partial charge in [-0.3, -0.25) is 0 Å². The van der Waals surface area contributed by atoms with Gasteiger partial charge in [-0.1, -0.05) is 224 Å². The van der Waals surface area contributed by atoms with Crippen LogP contribution in [0.2, 0.25) is 0 Å². The summed E-state index contributed by atoms with van der Waals surface area (Å²) in [5.74, 6) is 1.95. The molecule has 0 radical (unpaired) electrons. The predicted molar refractivity (Wildman–Crippen MR) is 258 cm³/mol. The van der Waals surface area contributed by atoms with E-state index in [-0.39, 0.29) is 0 Å². The second-order valence-electron chi connectivity index (χ2n) is 16.6. The third-order valence-electron chi connectivity index (χ3n) is 13.4. The van der Waals surface area contributed by atoms with Gasteiger partial charge in [0.2, 0.25) is 0 Å². The van der Waals surface area contributed by atoms with Gasteiger partial charge in [-0.2, -0.15) is 0 Å². The molecule has 3 heteroatoms. The Bertz CT molecular complexity index is 3450. The molecule has 13 rings (SSSR count). The van der Waals surface area contributed by atoms with Gasteiger partial charge in [-0.25, -0.2) is 15.0 Å². The molecule has 2 aliphatic rings. The molecule has 10 aromatic carbocycles. The van der Waals surface area contributed by atoms with E-state index < -0.39 is 5.41 Å². The van der Waals surface area contributed by atoms with E-state index in [2.05, 4.69) is 224 Å². The fourth-order valence-electron chi connectivity index (χ4n) is 10.6. The number of nitrogens with zero attached hydrogens (tertiary/aromatic N) is 3. The number of hydrogen-bond donors (Lipinski definition) is 0. The number of fused-ring (bicyclic) bond motifs is 12. The highest BCUT2D eigenvalue weighted by molar-refractivity contribution is 6.00. The Balaban J connectivity index is 0.900. The molecular formula is C60H37N3. The second kappa shape index (κ2) is 13.9. The van der Waals surface area contributed by atoms with E-state index >= 15 is 0 Å². The van der Waals surface area contributed by atoms with E-state index in [0.29, 0.717) is 17.5 Å². The number of benzene rings is 10. The van der Waals surface area contributed by atoms with Crippen molar-refractivity contribution in [2.75, 3.05) is 0 Å². The zero-order chi connectivity index (χ0) is 41.5. The van der Waals surface area contributed by atoms with E-state index in [1.807, 2.05) is 0 Å². The second-order valence-corrected chi connectivity index (χ2v) is 16.6. The van der Waals surface area contributed by atoms with E-state index in [1.54, 1.807) is 0 Å². The van der Waals surface area contributed by atoms with Crippen molar-refractivity contribution in [2.24, 2.45) is 0 Å². The van der Waals surface area contributed by atoms with Crippen LogP contribution in [0.1, 0.15) is 22.3 Å². The minimum absolute atomic E-state index is 0.403. The van der Waals surface area contributed by atoms with Crippen LogP contribution in [-0.2, 0) is 5.41 Å². The van der Waals surface area contributed by atoms with Crippen LogP contribution >= 0.6 is 0 Å². The first kappa shape index (κ1) is 35.5. The summed E-state index contributed by atoms with van der Waals surface area (Å²) in [7, 11) is 0. The molecule has 1 heterocycles. The zero-order valence-corrected chi connectivity index (χ0v) is 34.2. The SMILES string of the molecule is c1ccc2c(c1)-c1ccccc1C21c2ccccc2-c2cccc(-c3ccc(-c4ccc(-c5nc(-c6cccc7ccccc67)nc(-c6cccc7ccccc67)n5)cc4)cc3)c21. The lowest BCUT2D eigenvalue weighted by molar-refractivity contribution is 0.796. The van der Waals surface area contributed by atoms with Crippen LogP contribution in [0.15, 0.2) is 224 Å². The fraction of sp³-hybridized carbons (Fsp3) is 0.0167. The Hall–Kier alpha value is -8.27. The van der Waals surface area contributed by atoms with Gasteiger partial charge in [0.25, 0.3) is 0 Å². The maximum atomic E-state index is 5.16. The molecule has 3 nitrogen and oxygen atoms in total. The van der Waals surface area contributed by atoms with Crippen LogP contribution in [0.5, 0.6) is 0 Å². The first-order chi connectivity index (χ1) is 31.2. The Morgan fingerprint density at radius 2 is 0.587 bits per heavy atom. The molecule has 1 spiro atoms. The fourth-order valence-corrected chi connectivity index (χ4v) is 10.6.